The number of aromatic nitrogens is 2. The van der Waals surface area contributed by atoms with E-state index >= 15 is 0 Å². The summed E-state index contributed by atoms with van der Waals surface area (Å²) in [5.41, 5.74) is 7.40. The third kappa shape index (κ3) is 4.15. The van der Waals surface area contributed by atoms with E-state index in [-0.39, 0.29) is 11.0 Å². The Morgan fingerprint density at radius 1 is 1.29 bits per heavy atom. The van der Waals surface area contributed by atoms with Crippen LogP contribution in [-0.4, -0.2) is 15.1 Å². The summed E-state index contributed by atoms with van der Waals surface area (Å²) >= 11 is 0. The lowest BCUT2D eigenvalue weighted by Crippen LogP contribution is -2.36. The molecule has 0 saturated carbocycles. The molecule has 0 atom stereocenters. The van der Waals surface area contributed by atoms with Gasteiger partial charge in [-0.15, -0.1) is 0 Å². The second kappa shape index (κ2) is 4.81. The van der Waals surface area contributed by atoms with Gasteiger partial charge in [-0.05, 0) is 25.2 Å². The zero-order valence-corrected chi connectivity index (χ0v) is 12.1. The van der Waals surface area contributed by atoms with Crippen molar-refractivity contribution in [2.24, 2.45) is 17.1 Å². The summed E-state index contributed by atoms with van der Waals surface area (Å²) in [6, 6.07) is 0. The molecule has 0 radical (unpaired) electrons. The maximum absolute atomic E-state index is 6.08. The van der Waals surface area contributed by atoms with Crippen LogP contribution in [0.2, 0.25) is 0 Å². The number of rotatable bonds is 5. The molecule has 1 heterocycles. The second-order valence-electron chi connectivity index (χ2n) is 6.82. The molecule has 0 bridgehead atoms. The van der Waals surface area contributed by atoms with Crippen LogP contribution in [0.3, 0.4) is 0 Å². The zero-order chi connectivity index (χ0) is 13.3. The Labute approximate surface area is 105 Å². The van der Waals surface area contributed by atoms with Gasteiger partial charge in [-0.2, -0.15) is 0 Å². The van der Waals surface area contributed by atoms with Crippen LogP contribution in [0, 0.1) is 11.3 Å². The Morgan fingerprint density at radius 3 is 2.35 bits per heavy atom. The van der Waals surface area contributed by atoms with Gasteiger partial charge in [0.15, 0.2) is 0 Å². The Kier molecular flexibility index (Phi) is 4.03. The van der Waals surface area contributed by atoms with Crippen molar-refractivity contribution >= 4 is 0 Å². The first-order chi connectivity index (χ1) is 7.62. The molecule has 1 rings (SSSR count). The molecule has 0 fully saturated rings. The van der Waals surface area contributed by atoms with Crippen molar-refractivity contribution in [3.8, 4) is 0 Å². The van der Waals surface area contributed by atoms with Gasteiger partial charge in [0.1, 0.15) is 0 Å². The number of nitrogens with zero attached hydrogens (tertiary/aromatic N) is 2. The van der Waals surface area contributed by atoms with E-state index in [4.69, 9.17) is 5.73 Å². The Balaban J connectivity index is 2.83. The molecule has 3 heteroatoms. The molecule has 3 nitrogen and oxygen atoms in total. The van der Waals surface area contributed by atoms with E-state index in [2.05, 4.69) is 51.1 Å². The average molecular weight is 237 g/mol. The minimum atomic E-state index is -0.181. The topological polar surface area (TPSA) is 43.8 Å². The Bertz CT molecular complexity index is 356. The lowest BCUT2D eigenvalue weighted by atomic mass is 9.81. The SMILES string of the molecule is CC(C)C(C)(C)Cn1cncc1CC(C)(C)N. The standard InChI is InChI=1S/C14H27N3/c1-11(2)13(3,4)9-17-10-16-8-12(17)7-14(5,6)15/h8,10-11H,7,9,15H2,1-6H3. The van der Waals surface area contributed by atoms with Crippen molar-refractivity contribution < 1.29 is 0 Å². The summed E-state index contributed by atoms with van der Waals surface area (Å²) in [7, 11) is 0. The number of hydrogen-bond donors (Lipinski definition) is 1. The highest BCUT2D eigenvalue weighted by Crippen LogP contribution is 2.28. The smallest absolute Gasteiger partial charge is 0.0948 e. The van der Waals surface area contributed by atoms with Gasteiger partial charge in [0.25, 0.3) is 0 Å². The molecule has 1 aromatic heterocycles. The molecule has 0 saturated heterocycles. The summed E-state index contributed by atoms with van der Waals surface area (Å²) < 4.78 is 2.24. The first-order valence-corrected chi connectivity index (χ1v) is 6.40. The molecule has 0 aliphatic carbocycles. The maximum atomic E-state index is 6.08. The van der Waals surface area contributed by atoms with Gasteiger partial charge in [0, 0.05) is 30.4 Å². The highest BCUT2D eigenvalue weighted by atomic mass is 15.1. The monoisotopic (exact) mass is 237 g/mol. The quantitative estimate of drug-likeness (QED) is 0.855. The summed E-state index contributed by atoms with van der Waals surface area (Å²) in [6.45, 7) is 14.2. The van der Waals surface area contributed by atoms with Gasteiger partial charge in [0.05, 0.1) is 6.33 Å². The molecule has 0 aliphatic heterocycles. The molecule has 0 spiro atoms. The molecule has 2 N–H and O–H groups in total. The normalized spacial score (nSPS) is 13.4. The van der Waals surface area contributed by atoms with E-state index in [1.165, 1.54) is 5.69 Å². The predicted molar refractivity (Wildman–Crippen MR) is 72.8 cm³/mol. The molecular formula is C14H27N3. The number of imidazole rings is 1. The van der Waals surface area contributed by atoms with Crippen molar-refractivity contribution in [3.05, 3.63) is 18.2 Å². The highest BCUT2D eigenvalue weighted by Gasteiger charge is 2.24. The first-order valence-electron chi connectivity index (χ1n) is 6.40. The minimum absolute atomic E-state index is 0.181. The van der Waals surface area contributed by atoms with Crippen LogP contribution in [0.25, 0.3) is 0 Å². The molecule has 17 heavy (non-hydrogen) atoms. The fourth-order valence-corrected chi connectivity index (χ4v) is 1.73. The van der Waals surface area contributed by atoms with Crippen LogP contribution in [0.5, 0.6) is 0 Å². The van der Waals surface area contributed by atoms with Crippen molar-refractivity contribution in [2.75, 3.05) is 0 Å². The van der Waals surface area contributed by atoms with E-state index in [0.717, 1.165) is 13.0 Å². The van der Waals surface area contributed by atoms with Crippen LogP contribution in [0.15, 0.2) is 12.5 Å². The maximum Gasteiger partial charge on any atom is 0.0948 e. The average Bonchev–Trinajstić information content (AvgIpc) is 2.48. The minimum Gasteiger partial charge on any atom is -0.334 e. The van der Waals surface area contributed by atoms with Crippen LogP contribution < -0.4 is 5.73 Å². The predicted octanol–water partition coefficient (Wildman–Crippen LogP) is 2.85. The zero-order valence-electron chi connectivity index (χ0n) is 12.1. The van der Waals surface area contributed by atoms with E-state index in [1.807, 2.05) is 12.5 Å². The van der Waals surface area contributed by atoms with E-state index in [0.29, 0.717) is 5.92 Å². The summed E-state index contributed by atoms with van der Waals surface area (Å²) in [4.78, 5) is 4.26. The molecular weight excluding hydrogens is 210 g/mol. The molecule has 98 valence electrons. The van der Waals surface area contributed by atoms with E-state index < -0.39 is 0 Å². The van der Waals surface area contributed by atoms with Crippen molar-refractivity contribution in [1.29, 1.82) is 0 Å². The van der Waals surface area contributed by atoms with Gasteiger partial charge in [-0.3, -0.25) is 0 Å². The summed E-state index contributed by atoms with van der Waals surface area (Å²) in [6.07, 6.45) is 4.72. The van der Waals surface area contributed by atoms with Gasteiger partial charge < -0.3 is 10.3 Å². The van der Waals surface area contributed by atoms with Crippen molar-refractivity contribution in [2.45, 2.75) is 60.0 Å². The van der Waals surface area contributed by atoms with Crippen LogP contribution in [0.4, 0.5) is 0 Å². The van der Waals surface area contributed by atoms with Crippen LogP contribution in [0.1, 0.15) is 47.2 Å². The Hall–Kier alpha value is -0.830. The van der Waals surface area contributed by atoms with Gasteiger partial charge in [-0.1, -0.05) is 27.7 Å². The third-order valence-corrected chi connectivity index (χ3v) is 3.58. The van der Waals surface area contributed by atoms with Crippen LogP contribution in [-0.2, 0) is 13.0 Å². The van der Waals surface area contributed by atoms with Crippen LogP contribution >= 0.6 is 0 Å². The lowest BCUT2D eigenvalue weighted by Gasteiger charge is -2.31. The molecule has 1 aromatic rings. The fourth-order valence-electron chi connectivity index (χ4n) is 1.73. The highest BCUT2D eigenvalue weighted by molar-refractivity contribution is 5.04. The fraction of sp³-hybridized carbons (Fsp3) is 0.786. The second-order valence-corrected chi connectivity index (χ2v) is 6.82. The number of nitrogens with two attached hydrogens (primary N) is 1. The molecule has 0 unspecified atom stereocenters. The molecule has 0 aromatic carbocycles. The summed E-state index contributed by atoms with van der Waals surface area (Å²) in [5.74, 6) is 0.642. The van der Waals surface area contributed by atoms with Gasteiger partial charge >= 0.3 is 0 Å². The third-order valence-electron chi connectivity index (χ3n) is 3.58. The van der Waals surface area contributed by atoms with E-state index in [9.17, 15) is 0 Å². The largest absolute Gasteiger partial charge is 0.334 e. The van der Waals surface area contributed by atoms with E-state index in [1.54, 1.807) is 0 Å². The first kappa shape index (κ1) is 14.2. The number of hydrogen-bond acceptors (Lipinski definition) is 2. The Morgan fingerprint density at radius 2 is 1.88 bits per heavy atom. The summed E-state index contributed by atoms with van der Waals surface area (Å²) in [5, 5.41) is 0. The van der Waals surface area contributed by atoms with Gasteiger partial charge in [0.2, 0.25) is 0 Å². The van der Waals surface area contributed by atoms with Crippen molar-refractivity contribution in [1.82, 2.24) is 9.55 Å². The van der Waals surface area contributed by atoms with Crippen molar-refractivity contribution in [3.63, 3.8) is 0 Å². The molecule has 0 amide bonds. The molecule has 0 aliphatic rings. The lowest BCUT2D eigenvalue weighted by molar-refractivity contribution is 0.207. The van der Waals surface area contributed by atoms with Gasteiger partial charge in [-0.25, -0.2) is 4.98 Å².